The lowest BCUT2D eigenvalue weighted by atomic mass is 9.97. The van der Waals surface area contributed by atoms with Crippen LogP contribution in [0.25, 0.3) is 0 Å². The van der Waals surface area contributed by atoms with E-state index in [4.69, 9.17) is 0 Å². The minimum Gasteiger partial charge on any atom is -0.549 e. The first-order valence-electron chi connectivity index (χ1n) is 3.99. The SMILES string of the molecule is O=C([O-])C1CCC[n+]2noc(O)c21. The van der Waals surface area contributed by atoms with Gasteiger partial charge in [0.05, 0.1) is 11.9 Å². The number of hydrogen-bond donors (Lipinski definition) is 1. The first kappa shape index (κ1) is 8.03. The molecule has 1 aliphatic heterocycles. The van der Waals surface area contributed by atoms with Crippen LogP contribution in [0.15, 0.2) is 4.52 Å². The van der Waals surface area contributed by atoms with Gasteiger partial charge in [-0.15, -0.1) is 0 Å². The lowest BCUT2D eigenvalue weighted by Gasteiger charge is -2.15. The molecule has 2 rings (SSSR count). The van der Waals surface area contributed by atoms with Crippen LogP contribution in [0.1, 0.15) is 24.5 Å². The van der Waals surface area contributed by atoms with Crippen molar-refractivity contribution in [1.29, 1.82) is 0 Å². The van der Waals surface area contributed by atoms with Crippen LogP contribution in [0.2, 0.25) is 0 Å². The molecule has 13 heavy (non-hydrogen) atoms. The minimum absolute atomic E-state index is 0.214. The van der Waals surface area contributed by atoms with Crippen molar-refractivity contribution < 1.29 is 24.2 Å². The van der Waals surface area contributed by atoms with Gasteiger partial charge in [-0.25, -0.2) is 0 Å². The molecule has 1 N–H and O–H groups in total. The number of fused-ring (bicyclic) bond motifs is 1. The van der Waals surface area contributed by atoms with Crippen molar-refractivity contribution in [2.45, 2.75) is 25.3 Å². The maximum absolute atomic E-state index is 10.7. The van der Waals surface area contributed by atoms with Gasteiger partial charge in [0.2, 0.25) is 5.27 Å². The zero-order valence-corrected chi connectivity index (χ0v) is 6.77. The lowest BCUT2D eigenvalue weighted by molar-refractivity contribution is -0.773. The summed E-state index contributed by atoms with van der Waals surface area (Å²) in [5.41, 5.74) is 0.214. The molecule has 1 unspecified atom stereocenters. The molecule has 1 atom stereocenters. The molecule has 0 amide bonds. The average Bonchev–Trinajstić information content (AvgIpc) is 2.48. The van der Waals surface area contributed by atoms with Crippen LogP contribution >= 0.6 is 0 Å². The Hall–Kier alpha value is -1.59. The van der Waals surface area contributed by atoms with Gasteiger partial charge in [0, 0.05) is 6.42 Å². The highest BCUT2D eigenvalue weighted by Crippen LogP contribution is 2.28. The van der Waals surface area contributed by atoms with Crippen LogP contribution in [-0.4, -0.2) is 16.3 Å². The summed E-state index contributed by atoms with van der Waals surface area (Å²) in [6.45, 7) is 0.573. The van der Waals surface area contributed by atoms with Crippen molar-refractivity contribution >= 4 is 5.97 Å². The summed E-state index contributed by atoms with van der Waals surface area (Å²) >= 11 is 0. The molecule has 70 valence electrons. The molecule has 0 spiro atoms. The number of carbonyl (C=O) groups is 1. The Morgan fingerprint density at radius 3 is 3.23 bits per heavy atom. The van der Waals surface area contributed by atoms with E-state index in [9.17, 15) is 15.0 Å². The van der Waals surface area contributed by atoms with Gasteiger partial charge < -0.3 is 15.0 Å². The normalized spacial score (nSPS) is 21.1. The first-order chi connectivity index (χ1) is 6.20. The van der Waals surface area contributed by atoms with E-state index >= 15 is 0 Å². The van der Waals surface area contributed by atoms with Crippen molar-refractivity contribution in [3.63, 3.8) is 0 Å². The molecule has 0 fully saturated rings. The summed E-state index contributed by atoms with van der Waals surface area (Å²) in [4.78, 5) is 10.7. The highest BCUT2D eigenvalue weighted by atomic mass is 16.6. The number of aromatic hydroxyl groups is 1. The molecule has 0 saturated heterocycles. The largest absolute Gasteiger partial charge is 0.549 e. The molecule has 6 nitrogen and oxygen atoms in total. The molecule has 0 saturated carbocycles. The predicted molar refractivity (Wildman–Crippen MR) is 35.3 cm³/mol. The smallest absolute Gasteiger partial charge is 0.384 e. The zero-order chi connectivity index (χ0) is 9.42. The molecule has 0 aromatic carbocycles. The van der Waals surface area contributed by atoms with Crippen LogP contribution in [0.5, 0.6) is 5.95 Å². The van der Waals surface area contributed by atoms with Gasteiger partial charge in [-0.2, -0.15) is 0 Å². The van der Waals surface area contributed by atoms with Gasteiger partial charge in [-0.1, -0.05) is 0 Å². The van der Waals surface area contributed by atoms with E-state index in [2.05, 4.69) is 9.79 Å². The monoisotopic (exact) mass is 184 g/mol. The van der Waals surface area contributed by atoms with Crippen molar-refractivity contribution in [3.8, 4) is 5.95 Å². The van der Waals surface area contributed by atoms with Crippen molar-refractivity contribution in [2.24, 2.45) is 0 Å². The highest BCUT2D eigenvalue weighted by molar-refractivity contribution is 5.73. The summed E-state index contributed by atoms with van der Waals surface area (Å²) in [7, 11) is 0. The standard InChI is InChI=1S/C7H8N2O4/c10-6(11)4-2-1-3-9-5(4)7(12)13-8-9/h4H,1-3H2,(H-,8,10,11,12). The van der Waals surface area contributed by atoms with Gasteiger partial charge in [-0.05, 0) is 11.1 Å². The number of nitrogens with zero attached hydrogens (tertiary/aromatic N) is 2. The number of carboxylic acid groups (broad SMARTS) is 1. The van der Waals surface area contributed by atoms with E-state index in [1.807, 2.05) is 0 Å². The van der Waals surface area contributed by atoms with Gasteiger partial charge >= 0.3 is 11.6 Å². The molecule has 1 aromatic rings. The van der Waals surface area contributed by atoms with E-state index in [1.165, 1.54) is 4.68 Å². The van der Waals surface area contributed by atoms with Crippen LogP contribution in [0, 0.1) is 0 Å². The molecule has 0 bridgehead atoms. The molecular weight excluding hydrogens is 176 g/mol. The number of aryl methyl sites for hydroxylation is 1. The van der Waals surface area contributed by atoms with E-state index in [0.717, 1.165) is 0 Å². The van der Waals surface area contributed by atoms with E-state index in [-0.39, 0.29) is 5.69 Å². The number of rotatable bonds is 1. The van der Waals surface area contributed by atoms with E-state index < -0.39 is 17.8 Å². The Kier molecular flexibility index (Phi) is 1.68. The van der Waals surface area contributed by atoms with Gasteiger partial charge in [-0.3, -0.25) is 4.52 Å². The van der Waals surface area contributed by atoms with Crippen LogP contribution in [0.3, 0.4) is 0 Å². The molecule has 2 heterocycles. The summed E-state index contributed by atoms with van der Waals surface area (Å²) in [5.74, 6) is -2.43. The Morgan fingerprint density at radius 1 is 1.77 bits per heavy atom. The predicted octanol–water partition coefficient (Wildman–Crippen LogP) is -1.71. The second-order valence-corrected chi connectivity index (χ2v) is 3.00. The average molecular weight is 184 g/mol. The topological polar surface area (TPSA) is 90.3 Å². The van der Waals surface area contributed by atoms with Crippen molar-refractivity contribution in [3.05, 3.63) is 5.69 Å². The lowest BCUT2D eigenvalue weighted by Crippen LogP contribution is -2.47. The third-order valence-electron chi connectivity index (χ3n) is 2.20. The Morgan fingerprint density at radius 2 is 2.54 bits per heavy atom. The third kappa shape index (κ3) is 1.14. The van der Waals surface area contributed by atoms with Gasteiger partial charge in [0.25, 0.3) is 0 Å². The van der Waals surface area contributed by atoms with Crippen molar-refractivity contribution in [2.75, 3.05) is 0 Å². The molecule has 1 aliphatic rings. The first-order valence-corrected chi connectivity index (χ1v) is 3.99. The maximum atomic E-state index is 10.7. The number of hydrogen-bond acceptors (Lipinski definition) is 5. The van der Waals surface area contributed by atoms with Gasteiger partial charge in [0.15, 0.2) is 6.54 Å². The number of aromatic nitrogens is 2. The summed E-state index contributed by atoms with van der Waals surface area (Å²) in [6.07, 6.45) is 1.15. The Balaban J connectivity index is 2.46. The van der Waals surface area contributed by atoms with Gasteiger partial charge in [0.1, 0.15) is 0 Å². The second-order valence-electron chi connectivity index (χ2n) is 3.00. The van der Waals surface area contributed by atoms with E-state index in [0.29, 0.717) is 19.4 Å². The Labute approximate surface area is 73.4 Å². The maximum Gasteiger partial charge on any atom is 0.384 e. The number of carbonyl (C=O) groups excluding carboxylic acids is 1. The fourth-order valence-electron chi connectivity index (χ4n) is 1.59. The van der Waals surface area contributed by atoms with Crippen molar-refractivity contribution in [1.82, 2.24) is 5.27 Å². The van der Waals surface area contributed by atoms with Crippen LogP contribution in [0.4, 0.5) is 0 Å². The number of carboxylic acids is 1. The third-order valence-corrected chi connectivity index (χ3v) is 2.20. The molecule has 1 aromatic heterocycles. The minimum atomic E-state index is -1.20. The van der Waals surface area contributed by atoms with E-state index in [1.54, 1.807) is 0 Å². The quantitative estimate of drug-likeness (QED) is 0.525. The molecule has 0 radical (unpaired) electrons. The summed E-state index contributed by atoms with van der Waals surface area (Å²) in [5, 5.41) is 23.3. The number of aliphatic carboxylic acids is 1. The fraction of sp³-hybridized carbons (Fsp3) is 0.571. The molecule has 6 heteroatoms. The highest BCUT2D eigenvalue weighted by Gasteiger charge is 2.36. The summed E-state index contributed by atoms with van der Waals surface area (Å²) < 4.78 is 5.84. The van der Waals surface area contributed by atoms with Crippen LogP contribution in [-0.2, 0) is 11.3 Å². The zero-order valence-electron chi connectivity index (χ0n) is 6.77. The summed E-state index contributed by atoms with van der Waals surface area (Å²) in [6, 6.07) is 0. The Bertz CT molecular complexity index is 346. The molecular formula is C7H8N2O4. The molecule has 0 aliphatic carbocycles. The van der Waals surface area contributed by atoms with Crippen LogP contribution < -0.4 is 9.79 Å². The fourth-order valence-corrected chi connectivity index (χ4v) is 1.59. The second kappa shape index (κ2) is 2.72.